The van der Waals surface area contributed by atoms with E-state index in [2.05, 4.69) is 4.90 Å². The molecule has 7 heteroatoms. The number of amides is 1. The topological polar surface area (TPSA) is 66.7 Å². The first-order valence-electron chi connectivity index (χ1n) is 7.42. The average Bonchev–Trinajstić information content (AvgIpc) is 2.75. The Balaban J connectivity index is 2.09. The third-order valence-corrected chi connectivity index (χ3v) is 4.25. The van der Waals surface area contributed by atoms with Crippen molar-refractivity contribution >= 4 is 28.9 Å². The maximum absolute atomic E-state index is 12.4. The Morgan fingerprint density at radius 3 is 2.55 bits per heavy atom. The third kappa shape index (κ3) is 4.18. The Labute approximate surface area is 134 Å². The number of carbonyl (C=O) groups is 1. The van der Waals surface area contributed by atoms with E-state index in [1.54, 1.807) is 7.05 Å². The van der Waals surface area contributed by atoms with Crippen LogP contribution in [0.5, 0.6) is 0 Å². The van der Waals surface area contributed by atoms with E-state index in [4.69, 9.17) is 11.6 Å². The minimum Gasteiger partial charge on any atom is -0.313 e. The molecule has 1 heterocycles. The lowest BCUT2D eigenvalue weighted by molar-refractivity contribution is -0.384. The van der Waals surface area contributed by atoms with Crippen LogP contribution >= 0.6 is 11.6 Å². The Hall–Kier alpha value is -1.66. The minimum atomic E-state index is -0.493. The summed E-state index contributed by atoms with van der Waals surface area (Å²) in [6.07, 6.45) is 4.62. The summed E-state index contributed by atoms with van der Waals surface area (Å²) >= 11 is 6.08. The highest BCUT2D eigenvalue weighted by atomic mass is 35.5. The van der Waals surface area contributed by atoms with Gasteiger partial charge in [-0.3, -0.25) is 19.8 Å². The fourth-order valence-corrected chi connectivity index (χ4v) is 2.84. The third-order valence-electron chi connectivity index (χ3n) is 3.93. The molecule has 0 radical (unpaired) electrons. The second-order valence-corrected chi connectivity index (χ2v) is 5.94. The monoisotopic (exact) mass is 325 g/mol. The van der Waals surface area contributed by atoms with Crippen LogP contribution in [0.1, 0.15) is 25.7 Å². The van der Waals surface area contributed by atoms with Gasteiger partial charge in [-0.1, -0.05) is 24.4 Å². The summed E-state index contributed by atoms with van der Waals surface area (Å²) in [5.74, 6) is -0.107. The number of nitrogens with zero attached hydrogens (tertiary/aromatic N) is 3. The molecule has 2 rings (SSSR count). The van der Waals surface area contributed by atoms with Crippen molar-refractivity contribution in [2.45, 2.75) is 25.7 Å². The molecule has 0 atom stereocenters. The van der Waals surface area contributed by atoms with Gasteiger partial charge in [-0.25, -0.2) is 0 Å². The van der Waals surface area contributed by atoms with Gasteiger partial charge in [0.1, 0.15) is 0 Å². The van der Waals surface area contributed by atoms with Crippen LogP contribution in [0.2, 0.25) is 5.02 Å². The van der Waals surface area contributed by atoms with Crippen molar-refractivity contribution < 1.29 is 9.72 Å². The van der Waals surface area contributed by atoms with Gasteiger partial charge in [-0.15, -0.1) is 0 Å². The van der Waals surface area contributed by atoms with E-state index in [-0.39, 0.29) is 11.6 Å². The highest BCUT2D eigenvalue weighted by molar-refractivity contribution is 6.33. The van der Waals surface area contributed by atoms with Crippen LogP contribution in [0, 0.1) is 10.1 Å². The van der Waals surface area contributed by atoms with Crippen molar-refractivity contribution in [2.24, 2.45) is 0 Å². The minimum absolute atomic E-state index is 0.0752. The number of nitro benzene ring substituents is 1. The molecule has 120 valence electrons. The number of carbonyl (C=O) groups excluding carboxylic acids is 1. The Morgan fingerprint density at radius 2 is 1.95 bits per heavy atom. The summed E-state index contributed by atoms with van der Waals surface area (Å²) in [5, 5.41) is 11.2. The van der Waals surface area contributed by atoms with Crippen molar-refractivity contribution in [2.75, 3.05) is 31.6 Å². The zero-order valence-corrected chi connectivity index (χ0v) is 13.4. The number of rotatable bonds is 4. The largest absolute Gasteiger partial charge is 0.313 e. The molecule has 1 saturated heterocycles. The van der Waals surface area contributed by atoms with Crippen LogP contribution in [-0.2, 0) is 4.79 Å². The molecule has 0 bridgehead atoms. The molecule has 1 aromatic carbocycles. The molecule has 1 aromatic rings. The van der Waals surface area contributed by atoms with Gasteiger partial charge in [-0.2, -0.15) is 0 Å². The molecule has 1 aliphatic heterocycles. The SMILES string of the molecule is CN(C(=O)CN1CCCCCC1)c1cc([N+](=O)[O-])ccc1Cl. The molecule has 0 saturated carbocycles. The highest BCUT2D eigenvalue weighted by Gasteiger charge is 2.20. The number of hydrogen-bond acceptors (Lipinski definition) is 4. The summed E-state index contributed by atoms with van der Waals surface area (Å²) in [4.78, 5) is 26.3. The molecule has 1 fully saturated rings. The maximum atomic E-state index is 12.4. The molecule has 0 spiro atoms. The van der Waals surface area contributed by atoms with Gasteiger partial charge >= 0.3 is 0 Å². The highest BCUT2D eigenvalue weighted by Crippen LogP contribution is 2.29. The van der Waals surface area contributed by atoms with Crippen molar-refractivity contribution in [3.05, 3.63) is 33.3 Å². The first-order valence-corrected chi connectivity index (χ1v) is 7.79. The van der Waals surface area contributed by atoms with E-state index in [0.29, 0.717) is 17.3 Å². The zero-order valence-electron chi connectivity index (χ0n) is 12.6. The van der Waals surface area contributed by atoms with Crippen molar-refractivity contribution in [1.29, 1.82) is 0 Å². The van der Waals surface area contributed by atoms with Crippen LogP contribution in [-0.4, -0.2) is 42.4 Å². The van der Waals surface area contributed by atoms with Crippen LogP contribution < -0.4 is 4.90 Å². The van der Waals surface area contributed by atoms with Crippen molar-refractivity contribution in [3.8, 4) is 0 Å². The first-order chi connectivity index (χ1) is 10.5. The van der Waals surface area contributed by atoms with E-state index < -0.39 is 4.92 Å². The smallest absolute Gasteiger partial charge is 0.271 e. The Bertz CT molecular complexity index is 557. The molecule has 0 N–H and O–H groups in total. The number of non-ortho nitro benzene ring substituents is 1. The summed E-state index contributed by atoms with van der Waals surface area (Å²) in [6.45, 7) is 2.15. The number of likely N-dealkylation sites (tertiary alicyclic amines) is 1. The predicted molar refractivity (Wildman–Crippen MR) is 86.4 cm³/mol. The van der Waals surface area contributed by atoms with Crippen molar-refractivity contribution in [1.82, 2.24) is 4.90 Å². The zero-order chi connectivity index (χ0) is 16.1. The predicted octanol–water partition coefficient (Wildman–Crippen LogP) is 3.09. The van der Waals surface area contributed by atoms with Gasteiger partial charge in [0.25, 0.3) is 5.69 Å². The van der Waals surface area contributed by atoms with Crippen LogP contribution in [0.15, 0.2) is 18.2 Å². The molecule has 1 aliphatic rings. The van der Waals surface area contributed by atoms with Crippen LogP contribution in [0.4, 0.5) is 11.4 Å². The molecule has 0 aromatic heterocycles. The molecule has 1 amide bonds. The molecule has 0 aliphatic carbocycles. The van der Waals surface area contributed by atoms with Crippen LogP contribution in [0.25, 0.3) is 0 Å². The number of halogens is 1. The van der Waals surface area contributed by atoms with E-state index in [1.807, 2.05) is 0 Å². The number of benzene rings is 1. The fourth-order valence-electron chi connectivity index (χ4n) is 2.60. The quantitative estimate of drug-likeness (QED) is 0.630. The maximum Gasteiger partial charge on any atom is 0.271 e. The lowest BCUT2D eigenvalue weighted by Crippen LogP contribution is -2.39. The molecule has 6 nitrogen and oxygen atoms in total. The number of hydrogen-bond donors (Lipinski definition) is 0. The standard InChI is InChI=1S/C15H20ClN3O3/c1-17(14-10-12(19(21)22)6-7-13(14)16)15(20)11-18-8-4-2-3-5-9-18/h6-7,10H,2-5,8-9,11H2,1H3. The Kier molecular flexibility index (Phi) is 5.74. The van der Waals surface area contributed by atoms with Gasteiger partial charge in [0.15, 0.2) is 0 Å². The average molecular weight is 326 g/mol. The van der Waals surface area contributed by atoms with Crippen LogP contribution in [0.3, 0.4) is 0 Å². The van der Waals surface area contributed by atoms with Crippen molar-refractivity contribution in [3.63, 3.8) is 0 Å². The molecule has 0 unspecified atom stereocenters. The summed E-state index contributed by atoms with van der Waals surface area (Å²) < 4.78 is 0. The van der Waals surface area contributed by atoms with Gasteiger partial charge < -0.3 is 4.90 Å². The summed E-state index contributed by atoms with van der Waals surface area (Å²) in [6, 6.07) is 4.12. The normalized spacial score (nSPS) is 16.1. The van der Waals surface area contributed by atoms with Gasteiger partial charge in [-0.05, 0) is 32.0 Å². The van der Waals surface area contributed by atoms with E-state index in [9.17, 15) is 14.9 Å². The summed E-state index contributed by atoms with van der Waals surface area (Å²) in [5.41, 5.74) is 0.296. The number of likely N-dealkylation sites (N-methyl/N-ethyl adjacent to an activating group) is 1. The second kappa shape index (κ2) is 7.56. The van der Waals surface area contributed by atoms with Gasteiger partial charge in [0, 0.05) is 19.2 Å². The van der Waals surface area contributed by atoms with E-state index in [1.165, 1.54) is 35.9 Å². The lowest BCUT2D eigenvalue weighted by Gasteiger charge is -2.24. The Morgan fingerprint density at radius 1 is 1.32 bits per heavy atom. The van der Waals surface area contributed by atoms with Gasteiger partial charge in [0.2, 0.25) is 5.91 Å². The lowest BCUT2D eigenvalue weighted by atomic mass is 10.2. The van der Waals surface area contributed by atoms with E-state index in [0.717, 1.165) is 25.9 Å². The van der Waals surface area contributed by atoms with Gasteiger partial charge in [0.05, 0.1) is 22.2 Å². The fraction of sp³-hybridized carbons (Fsp3) is 0.533. The molecular formula is C15H20ClN3O3. The number of nitro groups is 1. The summed E-state index contributed by atoms with van der Waals surface area (Å²) in [7, 11) is 1.60. The van der Waals surface area contributed by atoms with E-state index >= 15 is 0 Å². The molecular weight excluding hydrogens is 306 g/mol. The number of anilines is 1. The first kappa shape index (κ1) is 16.7. The molecule has 22 heavy (non-hydrogen) atoms. The second-order valence-electron chi connectivity index (χ2n) is 5.54.